The van der Waals surface area contributed by atoms with Gasteiger partial charge in [0.15, 0.2) is 0 Å². The second kappa shape index (κ2) is 5.18. The zero-order valence-electron chi connectivity index (χ0n) is 10.9. The predicted molar refractivity (Wildman–Crippen MR) is 72.4 cm³/mol. The van der Waals surface area contributed by atoms with Gasteiger partial charge in [0.25, 0.3) is 0 Å². The molecule has 3 rings (SSSR count). The lowest BCUT2D eigenvalue weighted by atomic mass is 9.98. The molecule has 19 heavy (non-hydrogen) atoms. The second-order valence-corrected chi connectivity index (χ2v) is 5.44. The molecule has 2 aliphatic rings. The minimum absolute atomic E-state index is 0.354. The van der Waals surface area contributed by atoms with E-state index in [0.29, 0.717) is 17.6 Å². The molecule has 1 N–H and O–H groups in total. The summed E-state index contributed by atoms with van der Waals surface area (Å²) in [4.78, 5) is 2.54. The molecule has 0 aliphatic carbocycles. The van der Waals surface area contributed by atoms with Gasteiger partial charge in [0, 0.05) is 18.6 Å². The molecule has 100 valence electrons. The van der Waals surface area contributed by atoms with Crippen LogP contribution in [-0.2, 0) is 0 Å². The highest BCUT2D eigenvalue weighted by atomic mass is 19.1. The summed E-state index contributed by atoms with van der Waals surface area (Å²) in [6.45, 7) is 2.32. The number of nitrogens with zero attached hydrogens (tertiary/aromatic N) is 2. The molecule has 2 aliphatic heterocycles. The minimum Gasteiger partial charge on any atom is -0.380 e. The molecular formula is C15H18FN3. The van der Waals surface area contributed by atoms with Crippen LogP contribution in [0.25, 0.3) is 0 Å². The van der Waals surface area contributed by atoms with Crippen molar-refractivity contribution in [2.45, 2.75) is 37.8 Å². The van der Waals surface area contributed by atoms with Crippen LogP contribution < -0.4 is 5.32 Å². The van der Waals surface area contributed by atoms with Gasteiger partial charge < -0.3 is 5.32 Å². The van der Waals surface area contributed by atoms with E-state index in [1.54, 1.807) is 6.07 Å². The first-order valence-corrected chi connectivity index (χ1v) is 6.98. The van der Waals surface area contributed by atoms with Gasteiger partial charge >= 0.3 is 0 Å². The molecule has 2 saturated heterocycles. The van der Waals surface area contributed by atoms with E-state index in [2.05, 4.69) is 16.3 Å². The Hall–Kier alpha value is -1.60. The fraction of sp³-hybridized carbons (Fsp3) is 0.533. The summed E-state index contributed by atoms with van der Waals surface area (Å²) in [6.07, 6.45) is 4.91. The van der Waals surface area contributed by atoms with Crippen molar-refractivity contribution in [1.29, 1.82) is 5.26 Å². The third-order valence-electron chi connectivity index (χ3n) is 4.30. The summed E-state index contributed by atoms with van der Waals surface area (Å²) < 4.78 is 13.1. The molecule has 0 bridgehead atoms. The number of nitrogens with one attached hydrogen (secondary N) is 1. The molecule has 0 aromatic heterocycles. The molecule has 1 aromatic carbocycles. The lowest BCUT2D eigenvalue weighted by Gasteiger charge is -2.33. The van der Waals surface area contributed by atoms with Crippen molar-refractivity contribution in [3.63, 3.8) is 0 Å². The number of hydrogen-bond donors (Lipinski definition) is 1. The molecular weight excluding hydrogens is 241 g/mol. The topological polar surface area (TPSA) is 39.1 Å². The Labute approximate surface area is 113 Å². The van der Waals surface area contributed by atoms with E-state index in [9.17, 15) is 4.39 Å². The highest BCUT2D eigenvalue weighted by Gasteiger charge is 2.35. The number of benzene rings is 1. The van der Waals surface area contributed by atoms with Crippen LogP contribution >= 0.6 is 0 Å². The Morgan fingerprint density at radius 2 is 2.16 bits per heavy atom. The van der Waals surface area contributed by atoms with Crippen molar-refractivity contribution in [3.05, 3.63) is 29.6 Å². The van der Waals surface area contributed by atoms with Gasteiger partial charge in [0.05, 0.1) is 11.3 Å². The summed E-state index contributed by atoms with van der Waals surface area (Å²) in [7, 11) is 0. The van der Waals surface area contributed by atoms with Crippen LogP contribution in [0.3, 0.4) is 0 Å². The summed E-state index contributed by atoms with van der Waals surface area (Å²) >= 11 is 0. The van der Waals surface area contributed by atoms with Crippen molar-refractivity contribution >= 4 is 5.69 Å². The Balaban J connectivity index is 1.77. The largest absolute Gasteiger partial charge is 0.380 e. The van der Waals surface area contributed by atoms with E-state index >= 15 is 0 Å². The average Bonchev–Trinajstić information content (AvgIpc) is 2.84. The molecule has 4 heteroatoms. The van der Waals surface area contributed by atoms with Gasteiger partial charge in [-0.1, -0.05) is 6.42 Å². The lowest BCUT2D eigenvalue weighted by Crippen LogP contribution is -2.41. The number of piperidine rings is 1. The van der Waals surface area contributed by atoms with E-state index in [4.69, 9.17) is 5.26 Å². The first kappa shape index (κ1) is 12.4. The van der Waals surface area contributed by atoms with E-state index in [-0.39, 0.29) is 5.82 Å². The Bertz CT molecular complexity index is 509. The quantitative estimate of drug-likeness (QED) is 0.887. The molecule has 2 heterocycles. The number of hydrogen-bond acceptors (Lipinski definition) is 3. The fourth-order valence-corrected chi connectivity index (χ4v) is 3.35. The maximum atomic E-state index is 13.1. The highest BCUT2D eigenvalue weighted by Crippen LogP contribution is 2.30. The van der Waals surface area contributed by atoms with E-state index in [1.165, 1.54) is 37.9 Å². The van der Waals surface area contributed by atoms with Gasteiger partial charge in [-0.2, -0.15) is 5.26 Å². The standard InChI is InChI=1S/C15H18FN3/c16-12-4-5-13(11(9-12)10-17)18-14-6-8-19-7-2-1-3-15(14)19/h4-5,9,14-15,18H,1-3,6-8H2. The van der Waals surface area contributed by atoms with Crippen LogP contribution in [0.15, 0.2) is 18.2 Å². The molecule has 0 amide bonds. The second-order valence-electron chi connectivity index (χ2n) is 5.44. The van der Waals surface area contributed by atoms with E-state index in [1.807, 2.05) is 0 Å². The third kappa shape index (κ3) is 2.43. The summed E-state index contributed by atoms with van der Waals surface area (Å²) in [5, 5.41) is 12.5. The predicted octanol–water partition coefficient (Wildman–Crippen LogP) is 2.74. The van der Waals surface area contributed by atoms with Gasteiger partial charge in [-0.15, -0.1) is 0 Å². The maximum Gasteiger partial charge on any atom is 0.124 e. The van der Waals surface area contributed by atoms with E-state index in [0.717, 1.165) is 18.7 Å². The van der Waals surface area contributed by atoms with Crippen LogP contribution in [0, 0.1) is 17.1 Å². The average molecular weight is 259 g/mol. The summed E-state index contributed by atoms with van der Waals surface area (Å²) in [6, 6.07) is 7.42. The van der Waals surface area contributed by atoms with Crippen molar-refractivity contribution in [3.8, 4) is 6.07 Å². The Morgan fingerprint density at radius 3 is 3.00 bits per heavy atom. The Morgan fingerprint density at radius 1 is 1.26 bits per heavy atom. The number of rotatable bonds is 2. The van der Waals surface area contributed by atoms with Crippen molar-refractivity contribution in [2.24, 2.45) is 0 Å². The van der Waals surface area contributed by atoms with Gasteiger partial charge in [-0.25, -0.2) is 4.39 Å². The monoisotopic (exact) mass is 259 g/mol. The number of fused-ring (bicyclic) bond motifs is 1. The normalized spacial score (nSPS) is 26.7. The van der Waals surface area contributed by atoms with Gasteiger partial charge in [-0.05, 0) is 44.0 Å². The van der Waals surface area contributed by atoms with Crippen LogP contribution in [0.5, 0.6) is 0 Å². The summed E-state index contributed by atoms with van der Waals surface area (Å²) in [5.41, 5.74) is 1.16. The first-order valence-electron chi connectivity index (χ1n) is 6.98. The minimum atomic E-state index is -0.354. The molecule has 1 aromatic rings. The molecule has 2 unspecified atom stereocenters. The van der Waals surface area contributed by atoms with Crippen LogP contribution in [0.4, 0.5) is 10.1 Å². The lowest BCUT2D eigenvalue weighted by molar-refractivity contribution is 0.193. The third-order valence-corrected chi connectivity index (χ3v) is 4.30. The molecule has 0 saturated carbocycles. The van der Waals surface area contributed by atoms with Gasteiger partial charge in [0.1, 0.15) is 11.9 Å². The summed E-state index contributed by atoms with van der Waals surface area (Å²) in [5.74, 6) is -0.354. The van der Waals surface area contributed by atoms with Crippen LogP contribution in [0.1, 0.15) is 31.2 Å². The SMILES string of the molecule is N#Cc1cc(F)ccc1NC1CCN2CCCCC12. The molecule has 2 fully saturated rings. The van der Waals surface area contributed by atoms with Crippen molar-refractivity contribution in [2.75, 3.05) is 18.4 Å². The highest BCUT2D eigenvalue weighted by molar-refractivity contribution is 5.58. The zero-order chi connectivity index (χ0) is 13.2. The number of halogens is 1. The van der Waals surface area contributed by atoms with E-state index < -0.39 is 0 Å². The molecule has 3 nitrogen and oxygen atoms in total. The van der Waals surface area contributed by atoms with Crippen LogP contribution in [0.2, 0.25) is 0 Å². The molecule has 0 radical (unpaired) electrons. The zero-order valence-corrected chi connectivity index (χ0v) is 10.9. The first-order chi connectivity index (χ1) is 9.28. The van der Waals surface area contributed by atoms with Crippen LogP contribution in [-0.4, -0.2) is 30.1 Å². The Kier molecular flexibility index (Phi) is 3.39. The number of anilines is 1. The van der Waals surface area contributed by atoms with Gasteiger partial charge in [0.2, 0.25) is 0 Å². The number of nitriles is 1. The fourth-order valence-electron chi connectivity index (χ4n) is 3.35. The molecule has 2 atom stereocenters. The maximum absolute atomic E-state index is 13.1. The smallest absolute Gasteiger partial charge is 0.124 e. The molecule has 0 spiro atoms. The van der Waals surface area contributed by atoms with Crippen molar-refractivity contribution < 1.29 is 4.39 Å². The van der Waals surface area contributed by atoms with Gasteiger partial charge in [-0.3, -0.25) is 4.90 Å². The van der Waals surface area contributed by atoms with Crippen molar-refractivity contribution in [1.82, 2.24) is 4.90 Å².